The van der Waals surface area contributed by atoms with Crippen LogP contribution in [0.3, 0.4) is 0 Å². The fraction of sp³-hybridized carbons (Fsp3) is 1.00. The molecule has 0 amide bonds. The molecule has 0 aliphatic heterocycles. The number of hydrogen-bond donors (Lipinski definition) is 3. The van der Waals surface area contributed by atoms with Crippen LogP contribution in [-0.2, 0) is 30.4 Å². The molecule has 10 nitrogen and oxygen atoms in total. The molecule has 0 saturated carbocycles. The minimum atomic E-state index is -4.84. The Kier molecular flexibility index (Phi) is 9.13. The molecule has 0 heterocycles. The first-order chi connectivity index (χ1) is 8.10. The molecule has 0 aliphatic rings. The van der Waals surface area contributed by atoms with E-state index < -0.39 is 46.5 Å². The minimum Gasteiger partial charge on any atom is -0.284 e. The molecule has 14 heteroatoms. The third kappa shape index (κ3) is 6.61. The summed E-state index contributed by atoms with van der Waals surface area (Å²) >= 11 is 0. The Hall–Kier alpha value is 1.33. The summed E-state index contributed by atoms with van der Waals surface area (Å²) in [4.78, 5) is 0.236. The Balaban J connectivity index is 0. The monoisotopic (exact) mass is 380 g/mol. The number of rotatable bonds is 6. The largest absolute Gasteiger partial charge is 0.284 e. The van der Waals surface area contributed by atoms with Crippen LogP contribution in [0.15, 0.2) is 0 Å². The van der Waals surface area contributed by atoms with E-state index in [1.54, 1.807) is 0 Å². The van der Waals surface area contributed by atoms with E-state index in [9.17, 15) is 25.3 Å². The van der Waals surface area contributed by atoms with Crippen LogP contribution in [0.2, 0.25) is 0 Å². The molecule has 0 spiro atoms. The zero-order chi connectivity index (χ0) is 15.8. The van der Waals surface area contributed by atoms with Crippen molar-refractivity contribution in [1.82, 2.24) is 4.90 Å². The molecule has 0 aromatic rings. The summed E-state index contributed by atoms with van der Waals surface area (Å²) in [7, 11) is -14.5. The molecule has 1 radical (unpaired) electrons. The second-order valence-electron chi connectivity index (χ2n) is 3.79. The molecule has 0 bridgehead atoms. The maximum atomic E-state index is 11.0. The van der Waals surface area contributed by atoms with Gasteiger partial charge in [0, 0.05) is 51.4 Å². The van der Waals surface area contributed by atoms with Gasteiger partial charge in [-0.3, -0.25) is 13.7 Å². The van der Waals surface area contributed by atoms with Gasteiger partial charge in [-0.05, 0) is 20.8 Å². The summed E-state index contributed by atoms with van der Waals surface area (Å²) in [6.07, 6.45) is 0. The summed E-state index contributed by atoms with van der Waals surface area (Å²) in [5.41, 5.74) is 0. The Morgan fingerprint density at radius 2 is 0.800 bits per heavy atom. The van der Waals surface area contributed by atoms with Gasteiger partial charge < -0.3 is 0 Å². The van der Waals surface area contributed by atoms with E-state index >= 15 is 0 Å². The average molecular weight is 380 g/mol. The molecular formula is C6H15KNO9S3. The molecule has 20 heavy (non-hydrogen) atoms. The van der Waals surface area contributed by atoms with Crippen LogP contribution in [0, 0.1) is 0 Å². The molecule has 0 aromatic heterocycles. The standard InChI is InChI=1S/C6H15NO9S3.K/c1-4(17(8,9)10)7(5(2)18(11,12)13)6(3)19(14,15)16;/h4-6H,1-3H3,(H,8,9,10)(H,11,12,13)(H,14,15,16);. The van der Waals surface area contributed by atoms with Crippen LogP contribution in [0.5, 0.6) is 0 Å². The van der Waals surface area contributed by atoms with Crippen molar-refractivity contribution in [2.75, 3.05) is 0 Å². The Morgan fingerprint density at radius 1 is 0.650 bits per heavy atom. The van der Waals surface area contributed by atoms with E-state index in [0.29, 0.717) is 0 Å². The Bertz CT molecular complexity index is 534. The van der Waals surface area contributed by atoms with Crippen LogP contribution in [0.1, 0.15) is 20.8 Å². The van der Waals surface area contributed by atoms with Crippen molar-refractivity contribution in [2.45, 2.75) is 36.9 Å². The van der Waals surface area contributed by atoms with Crippen molar-refractivity contribution in [3.63, 3.8) is 0 Å². The Morgan fingerprint density at radius 3 is 0.900 bits per heavy atom. The zero-order valence-corrected chi connectivity index (χ0v) is 16.8. The first-order valence-electron chi connectivity index (χ1n) is 4.76. The van der Waals surface area contributed by atoms with Crippen molar-refractivity contribution in [1.29, 1.82) is 0 Å². The first-order valence-corrected chi connectivity index (χ1v) is 9.27. The van der Waals surface area contributed by atoms with E-state index in [1.165, 1.54) is 0 Å². The molecule has 0 aliphatic carbocycles. The molecule has 0 saturated heterocycles. The smallest absolute Gasteiger partial charge is 0.281 e. The van der Waals surface area contributed by atoms with Gasteiger partial charge in [0.15, 0.2) is 0 Å². The summed E-state index contributed by atoms with van der Waals surface area (Å²) in [6.45, 7) is 2.41. The van der Waals surface area contributed by atoms with Crippen LogP contribution in [0.25, 0.3) is 0 Å². The van der Waals surface area contributed by atoms with E-state index in [1.807, 2.05) is 0 Å². The van der Waals surface area contributed by atoms with E-state index in [2.05, 4.69) is 0 Å². The average Bonchev–Trinajstić information content (AvgIpc) is 2.13. The van der Waals surface area contributed by atoms with Crippen molar-refractivity contribution in [3.8, 4) is 0 Å². The molecule has 3 N–H and O–H groups in total. The van der Waals surface area contributed by atoms with Crippen LogP contribution < -0.4 is 0 Å². The van der Waals surface area contributed by atoms with Gasteiger partial charge in [0.25, 0.3) is 30.4 Å². The third-order valence-corrected chi connectivity index (χ3v) is 5.87. The minimum absolute atomic E-state index is 0. The van der Waals surface area contributed by atoms with Crippen LogP contribution >= 0.6 is 0 Å². The first kappa shape index (κ1) is 23.6. The Labute approximate surface area is 160 Å². The van der Waals surface area contributed by atoms with Gasteiger partial charge in [-0.25, -0.2) is 4.90 Å². The summed E-state index contributed by atoms with van der Waals surface area (Å²) in [5, 5.41) is -5.95. The normalized spacial score (nSPS) is 18.1. The molecule has 0 aromatic carbocycles. The van der Waals surface area contributed by atoms with Gasteiger partial charge in [-0.2, -0.15) is 25.3 Å². The van der Waals surface area contributed by atoms with Crippen molar-refractivity contribution in [2.24, 2.45) is 0 Å². The second-order valence-corrected chi connectivity index (χ2v) is 8.93. The van der Waals surface area contributed by atoms with Gasteiger partial charge in [0.05, 0.1) is 0 Å². The van der Waals surface area contributed by atoms with Crippen LogP contribution in [-0.4, -0.2) is 111 Å². The fourth-order valence-corrected chi connectivity index (χ4v) is 3.60. The van der Waals surface area contributed by atoms with Gasteiger partial charge >= 0.3 is 0 Å². The number of hydrogen-bond acceptors (Lipinski definition) is 7. The quantitative estimate of drug-likeness (QED) is 0.368. The predicted molar refractivity (Wildman–Crippen MR) is 70.6 cm³/mol. The van der Waals surface area contributed by atoms with Crippen LogP contribution in [0.4, 0.5) is 0 Å². The van der Waals surface area contributed by atoms with Gasteiger partial charge in [-0.1, -0.05) is 0 Å². The summed E-state index contributed by atoms with van der Waals surface area (Å²) < 4.78 is 92.6. The zero-order valence-electron chi connectivity index (χ0n) is 11.2. The van der Waals surface area contributed by atoms with Gasteiger partial charge in [-0.15, -0.1) is 0 Å². The summed E-state index contributed by atoms with van der Waals surface area (Å²) in [5.74, 6) is 0. The molecule has 0 rings (SSSR count). The topological polar surface area (TPSA) is 166 Å². The molecule has 3 unspecified atom stereocenters. The maximum Gasteiger partial charge on any atom is 0.281 e. The number of nitrogens with zero attached hydrogens (tertiary/aromatic N) is 1. The third-order valence-electron chi connectivity index (χ3n) is 2.55. The van der Waals surface area contributed by atoms with Crippen molar-refractivity contribution < 1.29 is 38.9 Å². The SMILES string of the molecule is CC(N(C(C)S(=O)(=O)O)C(C)S(=O)(=O)O)S(=O)(=O)O.[K]. The van der Waals surface area contributed by atoms with Gasteiger partial charge in [0.2, 0.25) is 0 Å². The molecule has 117 valence electrons. The van der Waals surface area contributed by atoms with Crippen molar-refractivity contribution in [3.05, 3.63) is 0 Å². The molecule has 3 atom stereocenters. The fourth-order valence-electron chi connectivity index (χ4n) is 1.35. The second kappa shape index (κ2) is 7.74. The summed E-state index contributed by atoms with van der Waals surface area (Å²) in [6, 6.07) is 0. The van der Waals surface area contributed by atoms with E-state index in [4.69, 9.17) is 13.7 Å². The van der Waals surface area contributed by atoms with E-state index in [-0.39, 0.29) is 56.3 Å². The molecule has 0 fully saturated rings. The molecular weight excluding hydrogens is 365 g/mol. The maximum absolute atomic E-state index is 11.0. The van der Waals surface area contributed by atoms with Gasteiger partial charge in [0.1, 0.15) is 16.1 Å². The van der Waals surface area contributed by atoms with E-state index in [0.717, 1.165) is 20.8 Å². The predicted octanol–water partition coefficient (Wildman–Crippen LogP) is -1.39. The van der Waals surface area contributed by atoms with Crippen molar-refractivity contribution >= 4 is 81.7 Å².